The number of halogens is 1. The molecule has 2 aliphatic heterocycles. The van der Waals surface area contributed by atoms with E-state index < -0.39 is 7.05 Å². The fourth-order valence-electron chi connectivity index (χ4n) is 4.78. The van der Waals surface area contributed by atoms with E-state index in [-0.39, 0.29) is 11.1 Å². The Bertz CT molecular complexity index is 537. The fourth-order valence-corrected chi connectivity index (χ4v) is 4.88. The molecule has 1 aromatic heterocycles. The lowest BCUT2D eigenvalue weighted by atomic mass is 9.70. The van der Waals surface area contributed by atoms with Gasteiger partial charge >= 0.3 is 7.05 Å². The van der Waals surface area contributed by atoms with Crippen LogP contribution in [0.4, 0.5) is 5.82 Å². The molecule has 3 heterocycles. The topological polar surface area (TPSA) is 52.5 Å². The van der Waals surface area contributed by atoms with Crippen molar-refractivity contribution in [3.63, 3.8) is 0 Å². The average Bonchev–Trinajstić information content (AvgIpc) is 2.61. The zero-order valence-corrected chi connectivity index (χ0v) is 14.5. The van der Waals surface area contributed by atoms with Gasteiger partial charge in [-0.25, -0.2) is 0 Å². The van der Waals surface area contributed by atoms with Crippen molar-refractivity contribution in [3.8, 4) is 0 Å². The molecule has 1 unspecified atom stereocenters. The molecule has 3 rings (SSSR count). The molecule has 7 heteroatoms. The van der Waals surface area contributed by atoms with Gasteiger partial charge in [0, 0.05) is 24.2 Å². The lowest BCUT2D eigenvalue weighted by molar-refractivity contribution is 0.0655. The van der Waals surface area contributed by atoms with Crippen LogP contribution in [0.2, 0.25) is 12.0 Å². The highest BCUT2D eigenvalue weighted by atomic mass is 35.5. The van der Waals surface area contributed by atoms with Crippen LogP contribution in [0.5, 0.6) is 0 Å². The average molecular weight is 323 g/mol. The number of rotatable bonds is 3. The van der Waals surface area contributed by atoms with Crippen molar-refractivity contribution in [2.45, 2.75) is 63.5 Å². The molecule has 0 radical (unpaired) electrons. The molecule has 5 nitrogen and oxygen atoms in total. The molecule has 0 aromatic carbocycles. The third-order valence-electron chi connectivity index (χ3n) is 5.62. The Morgan fingerprint density at radius 1 is 1.27 bits per heavy atom. The van der Waals surface area contributed by atoms with Gasteiger partial charge in [-0.1, -0.05) is 11.6 Å². The van der Waals surface area contributed by atoms with Gasteiger partial charge in [-0.2, -0.15) is 0 Å². The van der Waals surface area contributed by atoms with Gasteiger partial charge in [0.05, 0.1) is 0 Å². The first-order chi connectivity index (χ1) is 10.3. The summed E-state index contributed by atoms with van der Waals surface area (Å²) in [5, 5.41) is 18.8. The molecule has 2 bridgehead atoms. The van der Waals surface area contributed by atoms with Gasteiger partial charge in [0.2, 0.25) is 0 Å². The molecule has 0 saturated carbocycles. The van der Waals surface area contributed by atoms with Crippen molar-refractivity contribution in [2.75, 3.05) is 11.9 Å². The number of piperidine rings is 1. The third kappa shape index (κ3) is 2.51. The second-order valence-electron chi connectivity index (χ2n) is 7.38. The summed E-state index contributed by atoms with van der Waals surface area (Å²) >= 11 is 5.83. The summed E-state index contributed by atoms with van der Waals surface area (Å²) in [6.07, 6.45) is 4.30. The second kappa shape index (κ2) is 5.36. The van der Waals surface area contributed by atoms with E-state index in [1.54, 1.807) is 6.07 Å². The molecule has 1 aromatic rings. The predicted octanol–water partition coefficient (Wildman–Crippen LogP) is 2.45. The zero-order chi connectivity index (χ0) is 16.1. The Balaban J connectivity index is 1.85. The van der Waals surface area contributed by atoms with Gasteiger partial charge in [-0.05, 0) is 58.5 Å². The molecule has 3 atom stereocenters. The first-order valence-electron chi connectivity index (χ1n) is 7.95. The van der Waals surface area contributed by atoms with Crippen molar-refractivity contribution in [3.05, 3.63) is 17.3 Å². The minimum Gasteiger partial charge on any atom is -0.437 e. The van der Waals surface area contributed by atoms with Crippen molar-refractivity contribution >= 4 is 24.5 Å². The minimum atomic E-state index is -0.404. The van der Waals surface area contributed by atoms with E-state index in [2.05, 4.69) is 40.8 Å². The molecule has 120 valence electrons. The number of fused-ring (bicyclic) bond motifs is 2. The Morgan fingerprint density at radius 2 is 1.86 bits per heavy atom. The van der Waals surface area contributed by atoms with Crippen LogP contribution in [-0.4, -0.2) is 51.3 Å². The maximum absolute atomic E-state index is 10.2. The number of hydrogen-bond acceptors (Lipinski definition) is 5. The Hall–Kier alpha value is -0.845. The van der Waals surface area contributed by atoms with Gasteiger partial charge in [0.1, 0.15) is 0 Å². The Labute approximate surface area is 137 Å². The van der Waals surface area contributed by atoms with Gasteiger partial charge in [0.25, 0.3) is 0 Å². The van der Waals surface area contributed by atoms with E-state index >= 15 is 0 Å². The molecule has 22 heavy (non-hydrogen) atoms. The number of aromatic nitrogens is 2. The number of nitrogens with zero attached hydrogens (tertiary/aromatic N) is 4. The molecular weight excluding hydrogens is 298 g/mol. The van der Waals surface area contributed by atoms with Crippen LogP contribution in [0.25, 0.3) is 0 Å². The number of hydrogen-bond donors (Lipinski definition) is 1. The largest absolute Gasteiger partial charge is 0.437 e. The van der Waals surface area contributed by atoms with Crippen LogP contribution in [0.15, 0.2) is 12.1 Å². The van der Waals surface area contributed by atoms with E-state index in [4.69, 9.17) is 11.6 Å². The highest BCUT2D eigenvalue weighted by molar-refractivity contribution is 6.45. The van der Waals surface area contributed by atoms with Crippen molar-refractivity contribution in [1.29, 1.82) is 0 Å². The Morgan fingerprint density at radius 3 is 2.32 bits per heavy atom. The van der Waals surface area contributed by atoms with Crippen LogP contribution in [0.3, 0.4) is 0 Å². The zero-order valence-electron chi connectivity index (χ0n) is 13.8. The quantitative estimate of drug-likeness (QED) is 0.866. The van der Waals surface area contributed by atoms with E-state index in [0.717, 1.165) is 31.5 Å². The minimum absolute atomic E-state index is 0.0416. The summed E-state index contributed by atoms with van der Waals surface area (Å²) < 4.78 is 0. The molecule has 2 aliphatic rings. The van der Waals surface area contributed by atoms with E-state index in [0.29, 0.717) is 11.2 Å². The highest BCUT2D eigenvalue weighted by Gasteiger charge is 2.57. The van der Waals surface area contributed by atoms with Crippen LogP contribution in [0, 0.1) is 0 Å². The van der Waals surface area contributed by atoms with E-state index in [1.807, 2.05) is 12.9 Å². The van der Waals surface area contributed by atoms with Gasteiger partial charge < -0.3 is 14.7 Å². The van der Waals surface area contributed by atoms with E-state index in [9.17, 15) is 5.02 Å². The highest BCUT2D eigenvalue weighted by Crippen LogP contribution is 2.51. The van der Waals surface area contributed by atoms with Crippen LogP contribution in [0.1, 0.15) is 39.5 Å². The molecule has 0 aliphatic carbocycles. The smallest absolute Gasteiger partial charge is 0.377 e. The molecule has 2 fully saturated rings. The van der Waals surface area contributed by atoms with Crippen LogP contribution < -0.4 is 4.90 Å². The number of anilines is 1. The standard InChI is InChI=1S/C15H24BClN4O/c1-14-7-8-15(2,21(14)16(3)22)10-11(9-14)20(4)13-6-5-12(17)18-19-13/h5-6,11,22H,7-10H2,1-4H3/t11?,14-,15+. The summed E-state index contributed by atoms with van der Waals surface area (Å²) in [5.74, 6) is 0.853. The lowest BCUT2D eigenvalue weighted by Crippen LogP contribution is -2.65. The van der Waals surface area contributed by atoms with Gasteiger partial charge in [-0.15, -0.1) is 10.2 Å². The van der Waals surface area contributed by atoms with Crippen molar-refractivity contribution in [2.24, 2.45) is 0 Å². The molecule has 0 amide bonds. The van der Waals surface area contributed by atoms with E-state index in [1.165, 1.54) is 0 Å². The summed E-state index contributed by atoms with van der Waals surface area (Å²) in [6, 6.07) is 4.09. The van der Waals surface area contributed by atoms with Crippen LogP contribution >= 0.6 is 11.6 Å². The summed E-state index contributed by atoms with van der Waals surface area (Å²) in [5.41, 5.74) is 0.0832. The molecular formula is C15H24BClN4O. The first kappa shape index (κ1) is 16.0. The fraction of sp³-hybridized carbons (Fsp3) is 0.733. The molecule has 0 spiro atoms. The van der Waals surface area contributed by atoms with Gasteiger partial charge in [-0.3, -0.25) is 0 Å². The maximum atomic E-state index is 10.2. The van der Waals surface area contributed by atoms with Crippen molar-refractivity contribution in [1.82, 2.24) is 15.0 Å². The monoisotopic (exact) mass is 322 g/mol. The molecule has 2 saturated heterocycles. The normalized spacial score (nSPS) is 34.7. The SMILES string of the molecule is CB(O)N1[C@@]2(C)CC[C@]1(C)CC(N(C)c1ccc(Cl)nn1)C2. The third-order valence-corrected chi connectivity index (χ3v) is 5.82. The maximum Gasteiger partial charge on any atom is 0.377 e. The summed E-state index contributed by atoms with van der Waals surface area (Å²) in [6.45, 7) is 6.44. The summed E-state index contributed by atoms with van der Waals surface area (Å²) in [4.78, 5) is 4.53. The van der Waals surface area contributed by atoms with Crippen molar-refractivity contribution < 1.29 is 5.02 Å². The lowest BCUT2D eigenvalue weighted by Gasteiger charge is -2.53. The second-order valence-corrected chi connectivity index (χ2v) is 7.77. The Kier molecular flexibility index (Phi) is 3.90. The van der Waals surface area contributed by atoms with Crippen LogP contribution in [-0.2, 0) is 0 Å². The predicted molar refractivity (Wildman–Crippen MR) is 90.2 cm³/mol. The summed E-state index contributed by atoms with van der Waals surface area (Å²) in [7, 11) is 1.67. The van der Waals surface area contributed by atoms with Gasteiger partial charge in [0.15, 0.2) is 11.0 Å². The molecule has 1 N–H and O–H groups in total. The first-order valence-corrected chi connectivity index (χ1v) is 8.33.